The summed E-state index contributed by atoms with van der Waals surface area (Å²) >= 11 is 6.22. The number of rotatable bonds is 6. The van der Waals surface area contributed by atoms with E-state index in [0.717, 1.165) is 25.0 Å². The molecule has 3 rings (SSSR count). The number of aliphatic imine (C=N–C) groups is 2. The van der Waals surface area contributed by atoms with Gasteiger partial charge in [-0.25, -0.2) is 14.2 Å². The van der Waals surface area contributed by atoms with E-state index >= 15 is 0 Å². The van der Waals surface area contributed by atoms with Gasteiger partial charge < -0.3 is 21.2 Å². The van der Waals surface area contributed by atoms with Gasteiger partial charge in [0, 0.05) is 24.9 Å². The summed E-state index contributed by atoms with van der Waals surface area (Å²) in [6.45, 7) is 10.3. The third kappa shape index (κ3) is 7.22. The molecule has 1 fully saturated rings. The Labute approximate surface area is 217 Å². The molecule has 10 heteroatoms. The lowest BCUT2D eigenvalue weighted by atomic mass is 10.0. The third-order valence-corrected chi connectivity index (χ3v) is 6.05. The molecule has 0 spiro atoms. The number of amides is 1. The largest absolute Gasteiger partial charge is 0.444 e. The van der Waals surface area contributed by atoms with Crippen LogP contribution in [0.1, 0.15) is 60.3 Å². The van der Waals surface area contributed by atoms with Gasteiger partial charge in [0.1, 0.15) is 17.3 Å². The van der Waals surface area contributed by atoms with Crippen LogP contribution in [0, 0.1) is 5.82 Å². The number of halogens is 2. The van der Waals surface area contributed by atoms with Crippen LogP contribution in [0.4, 0.5) is 14.9 Å². The Morgan fingerprint density at radius 2 is 2.11 bits per heavy atom. The number of alkyl carbamates (subject to hydrolysis) is 1. The Hall–Kier alpha value is -3.07. The smallest absolute Gasteiger partial charge is 0.407 e. The highest BCUT2D eigenvalue weighted by molar-refractivity contribution is 6.34. The first-order valence-electron chi connectivity index (χ1n) is 12.3. The van der Waals surface area contributed by atoms with Gasteiger partial charge in [0.25, 0.3) is 0 Å². The van der Waals surface area contributed by atoms with Gasteiger partial charge in [-0.15, -0.1) is 0 Å². The molecular weight excluding hydrogens is 483 g/mol. The quantitative estimate of drug-likeness (QED) is 0.347. The summed E-state index contributed by atoms with van der Waals surface area (Å²) in [5.41, 5.74) is 11.5. The summed E-state index contributed by atoms with van der Waals surface area (Å²) in [4.78, 5) is 21.7. The van der Waals surface area contributed by atoms with Gasteiger partial charge in [0.2, 0.25) is 0 Å². The molecule has 1 saturated carbocycles. The average Bonchev–Trinajstić information content (AvgIpc) is 3.22. The zero-order chi connectivity index (χ0) is 26.5. The topological polar surface area (TPSA) is 104 Å². The van der Waals surface area contributed by atoms with Crippen LogP contribution in [0.3, 0.4) is 0 Å². The number of nitrogens with one attached hydrogen (secondary N) is 2. The zero-order valence-electron chi connectivity index (χ0n) is 21.6. The lowest BCUT2D eigenvalue weighted by Gasteiger charge is -2.32. The van der Waals surface area contributed by atoms with Crippen LogP contribution in [0.2, 0.25) is 5.02 Å². The van der Waals surface area contributed by atoms with E-state index < -0.39 is 17.5 Å². The van der Waals surface area contributed by atoms with Gasteiger partial charge in [-0.2, -0.15) is 0 Å². The number of amidine groups is 1. The standard InChI is InChI=1S/C26H36ClFN6O2/c1-6-8-22-23(31-17-10-11-18(14-17)32-25(35)36-26(3,4)5)19(15-30-34(22)7-2)24(29)33-21-13-16(28)9-12-20(21)27/h8-9,12-13,15,17-18,30H,6-7,10-11,14H2,1-5H3,(H2,29,33)(H,32,35)/b22-8-,31-23?/t17-,18+/m1/s1. The highest BCUT2D eigenvalue weighted by Gasteiger charge is 2.31. The molecular formula is C26H36ClFN6O2. The molecule has 1 aliphatic heterocycles. The van der Waals surface area contributed by atoms with Crippen LogP contribution < -0.4 is 16.5 Å². The van der Waals surface area contributed by atoms with E-state index in [1.807, 2.05) is 32.7 Å². The summed E-state index contributed by atoms with van der Waals surface area (Å²) in [6.07, 6.45) is 6.49. The van der Waals surface area contributed by atoms with E-state index in [2.05, 4.69) is 28.7 Å². The number of allylic oxidation sites excluding steroid dienone is 2. The van der Waals surface area contributed by atoms with Crippen molar-refractivity contribution in [3.05, 3.63) is 52.6 Å². The number of ether oxygens (including phenoxy) is 1. The molecule has 36 heavy (non-hydrogen) atoms. The zero-order valence-corrected chi connectivity index (χ0v) is 22.3. The molecule has 0 bridgehead atoms. The SMILES string of the molecule is CC/C=C1/C(=N[C@@H]2CC[C@H](NC(=O)OC(C)(C)C)C2)C(C(N)=Nc2cc(F)ccc2Cl)=CNN1CC. The molecule has 1 heterocycles. The Balaban J connectivity index is 1.90. The van der Waals surface area contributed by atoms with Crippen LogP contribution in [0.15, 0.2) is 51.7 Å². The van der Waals surface area contributed by atoms with Gasteiger partial charge in [0.15, 0.2) is 0 Å². The third-order valence-electron chi connectivity index (χ3n) is 5.73. The van der Waals surface area contributed by atoms with Crippen molar-refractivity contribution in [1.29, 1.82) is 0 Å². The molecule has 4 N–H and O–H groups in total. The number of nitrogens with two attached hydrogens (primary N) is 1. The van der Waals surface area contributed by atoms with Gasteiger partial charge in [-0.05, 0) is 65.5 Å². The van der Waals surface area contributed by atoms with E-state index in [9.17, 15) is 9.18 Å². The van der Waals surface area contributed by atoms with Gasteiger partial charge >= 0.3 is 6.09 Å². The minimum absolute atomic E-state index is 0.0223. The first kappa shape index (κ1) is 27.5. The van der Waals surface area contributed by atoms with Crippen molar-refractivity contribution < 1.29 is 13.9 Å². The van der Waals surface area contributed by atoms with E-state index in [1.165, 1.54) is 18.2 Å². The van der Waals surface area contributed by atoms with Gasteiger partial charge in [-0.1, -0.05) is 24.6 Å². The lowest BCUT2D eigenvalue weighted by molar-refractivity contribution is 0.0505. The predicted octanol–water partition coefficient (Wildman–Crippen LogP) is 5.37. The normalized spacial score (nSPS) is 23.0. The first-order valence-corrected chi connectivity index (χ1v) is 12.7. The second-order valence-electron chi connectivity index (χ2n) is 9.81. The van der Waals surface area contributed by atoms with Crippen LogP contribution >= 0.6 is 11.6 Å². The summed E-state index contributed by atoms with van der Waals surface area (Å²) in [5, 5.41) is 5.24. The Kier molecular flexibility index (Phi) is 9.00. The van der Waals surface area contributed by atoms with Crippen molar-refractivity contribution in [1.82, 2.24) is 15.8 Å². The molecule has 2 aliphatic rings. The van der Waals surface area contributed by atoms with Crippen molar-refractivity contribution in [3.63, 3.8) is 0 Å². The van der Waals surface area contributed by atoms with Crippen LogP contribution in [0.25, 0.3) is 0 Å². The molecule has 8 nitrogen and oxygen atoms in total. The van der Waals surface area contributed by atoms with Crippen molar-refractivity contribution in [2.45, 2.75) is 78.0 Å². The fourth-order valence-electron chi connectivity index (χ4n) is 4.16. The highest BCUT2D eigenvalue weighted by Crippen LogP contribution is 2.29. The maximum absolute atomic E-state index is 13.8. The van der Waals surface area contributed by atoms with Crippen LogP contribution in [-0.4, -0.2) is 46.9 Å². The molecule has 1 aliphatic carbocycles. The van der Waals surface area contributed by atoms with Crippen molar-refractivity contribution in [2.75, 3.05) is 6.54 Å². The second-order valence-corrected chi connectivity index (χ2v) is 10.2. The minimum atomic E-state index is -0.554. The Morgan fingerprint density at radius 3 is 2.78 bits per heavy atom. The van der Waals surface area contributed by atoms with Crippen molar-refractivity contribution >= 4 is 34.9 Å². The van der Waals surface area contributed by atoms with Crippen LogP contribution in [0.5, 0.6) is 0 Å². The average molecular weight is 519 g/mol. The highest BCUT2D eigenvalue weighted by atomic mass is 35.5. The van der Waals surface area contributed by atoms with Crippen molar-refractivity contribution in [3.8, 4) is 0 Å². The van der Waals surface area contributed by atoms with E-state index in [-0.39, 0.29) is 23.6 Å². The summed E-state index contributed by atoms with van der Waals surface area (Å²) < 4.78 is 19.2. The fraction of sp³-hybridized carbons (Fsp3) is 0.500. The van der Waals surface area contributed by atoms with Crippen LogP contribution in [-0.2, 0) is 4.74 Å². The van der Waals surface area contributed by atoms with E-state index in [4.69, 9.17) is 27.1 Å². The molecule has 1 amide bonds. The minimum Gasteiger partial charge on any atom is -0.444 e. The predicted molar refractivity (Wildman–Crippen MR) is 143 cm³/mol. The summed E-state index contributed by atoms with van der Waals surface area (Å²) in [7, 11) is 0. The number of hydrogen-bond donors (Lipinski definition) is 3. The molecule has 0 unspecified atom stereocenters. The maximum atomic E-state index is 13.8. The Bertz CT molecular complexity index is 1090. The first-order chi connectivity index (χ1) is 17.0. The van der Waals surface area contributed by atoms with E-state index in [0.29, 0.717) is 29.3 Å². The number of nitrogens with zero attached hydrogens (tertiary/aromatic N) is 3. The monoisotopic (exact) mass is 518 g/mol. The maximum Gasteiger partial charge on any atom is 0.407 e. The van der Waals surface area contributed by atoms with Gasteiger partial charge in [0.05, 0.1) is 33.7 Å². The number of hydrogen-bond acceptors (Lipinski definition) is 6. The fourth-order valence-corrected chi connectivity index (χ4v) is 4.32. The molecule has 1 aromatic carbocycles. The molecule has 2 atom stereocenters. The van der Waals surface area contributed by atoms with Gasteiger partial charge in [-0.3, -0.25) is 10.0 Å². The molecule has 196 valence electrons. The summed E-state index contributed by atoms with van der Waals surface area (Å²) in [6, 6.07) is 3.92. The van der Waals surface area contributed by atoms with E-state index in [1.54, 1.807) is 6.20 Å². The lowest BCUT2D eigenvalue weighted by Crippen LogP contribution is -2.44. The molecule has 0 aromatic heterocycles. The second kappa shape index (κ2) is 11.8. The Morgan fingerprint density at radius 1 is 1.36 bits per heavy atom. The molecule has 1 aromatic rings. The molecule has 0 radical (unpaired) electrons. The number of carbonyl (C=O) groups excluding carboxylic acids is 1. The molecule has 0 saturated heterocycles. The number of hydrazine groups is 1. The number of benzene rings is 1. The number of carbonyl (C=O) groups is 1. The van der Waals surface area contributed by atoms with Crippen molar-refractivity contribution in [2.24, 2.45) is 15.7 Å². The summed E-state index contributed by atoms with van der Waals surface area (Å²) in [5.74, 6) is -0.276.